The fraction of sp³-hybridized carbons (Fsp3) is 0.458. The zero-order valence-electron chi connectivity index (χ0n) is 18.9. The molecule has 33 heavy (non-hydrogen) atoms. The molecule has 1 unspecified atom stereocenters. The first kappa shape index (κ1) is 25.3. The summed E-state index contributed by atoms with van der Waals surface area (Å²) in [5.74, 6) is -0.348. The van der Waals surface area contributed by atoms with Crippen molar-refractivity contribution in [2.45, 2.75) is 51.2 Å². The van der Waals surface area contributed by atoms with Crippen molar-refractivity contribution in [1.82, 2.24) is 10.2 Å². The first-order valence-electron chi connectivity index (χ1n) is 11.0. The highest BCUT2D eigenvalue weighted by atomic mass is 35.5. The number of amides is 1. The summed E-state index contributed by atoms with van der Waals surface area (Å²) < 4.78 is 5.50. The van der Waals surface area contributed by atoms with Crippen LogP contribution in [0.3, 0.4) is 0 Å². The van der Waals surface area contributed by atoms with E-state index in [1.807, 2.05) is 24.3 Å². The van der Waals surface area contributed by atoms with Gasteiger partial charge in [0.15, 0.2) is 0 Å². The zero-order valence-corrected chi connectivity index (χ0v) is 19.7. The Balaban J connectivity index is 1.48. The van der Waals surface area contributed by atoms with E-state index in [4.69, 9.17) is 16.3 Å². The van der Waals surface area contributed by atoms with E-state index in [1.54, 1.807) is 0 Å². The van der Waals surface area contributed by atoms with E-state index in [0.717, 1.165) is 37.5 Å². The number of phenolic OH excluding ortho intramolecular Hbond substituents is 1. The van der Waals surface area contributed by atoms with Gasteiger partial charge in [0.25, 0.3) is 0 Å². The lowest BCUT2D eigenvalue weighted by Crippen LogP contribution is -2.53. The molecule has 180 valence electrons. The molecule has 0 saturated carbocycles. The number of aliphatic hydroxyl groups excluding tert-OH is 1. The van der Waals surface area contributed by atoms with Crippen LogP contribution < -0.4 is 15.4 Å². The van der Waals surface area contributed by atoms with Crippen molar-refractivity contribution in [1.29, 1.82) is 0 Å². The van der Waals surface area contributed by atoms with Gasteiger partial charge in [0.05, 0.1) is 5.69 Å². The van der Waals surface area contributed by atoms with Crippen LogP contribution in [0.5, 0.6) is 11.5 Å². The summed E-state index contributed by atoms with van der Waals surface area (Å²) in [5, 5.41) is 37.6. The SMILES string of the molecule is CC(=O)Nc1ccc(O)cc1OC(O)[C@@](C)(O)CNC1CCN(Cc2ccc(Cl)cc2)CC1. The fourth-order valence-corrected chi connectivity index (χ4v) is 3.86. The number of nitrogens with one attached hydrogen (secondary N) is 2. The van der Waals surface area contributed by atoms with Gasteiger partial charge < -0.3 is 30.7 Å². The Hall–Kier alpha value is -2.36. The van der Waals surface area contributed by atoms with Gasteiger partial charge in [-0.3, -0.25) is 9.69 Å². The van der Waals surface area contributed by atoms with E-state index in [9.17, 15) is 20.1 Å². The lowest BCUT2D eigenvalue weighted by atomic mass is 10.0. The fourth-order valence-electron chi connectivity index (χ4n) is 3.73. The number of piperidine rings is 1. The van der Waals surface area contributed by atoms with Crippen molar-refractivity contribution in [3.8, 4) is 11.5 Å². The number of anilines is 1. The number of ether oxygens (including phenoxy) is 1. The van der Waals surface area contributed by atoms with E-state index in [0.29, 0.717) is 0 Å². The number of likely N-dealkylation sites (tertiary alicyclic amines) is 1. The van der Waals surface area contributed by atoms with Crippen molar-refractivity contribution in [3.63, 3.8) is 0 Å². The number of carbonyl (C=O) groups is 1. The maximum absolute atomic E-state index is 11.4. The predicted molar refractivity (Wildman–Crippen MR) is 127 cm³/mol. The smallest absolute Gasteiger partial charge is 0.227 e. The van der Waals surface area contributed by atoms with Gasteiger partial charge >= 0.3 is 0 Å². The minimum absolute atomic E-state index is 0.0634. The third-order valence-corrected chi connectivity index (χ3v) is 5.95. The summed E-state index contributed by atoms with van der Waals surface area (Å²) in [6.45, 7) is 5.64. The van der Waals surface area contributed by atoms with Gasteiger partial charge in [0, 0.05) is 37.1 Å². The molecule has 3 rings (SSSR count). The average Bonchev–Trinajstić information content (AvgIpc) is 2.76. The number of nitrogens with zero attached hydrogens (tertiary/aromatic N) is 1. The number of rotatable bonds is 9. The summed E-state index contributed by atoms with van der Waals surface area (Å²) in [7, 11) is 0. The standard InChI is InChI=1S/C24H32ClN3O5/c1-16(29)27-21-8-7-20(30)13-22(21)33-23(31)24(2,32)15-26-19-9-11-28(12-10-19)14-17-3-5-18(25)6-4-17/h3-8,13,19,23,26,30-32H,9-12,14-15H2,1-2H3,(H,27,29)/t23?,24-/m0/s1. The lowest BCUT2D eigenvalue weighted by Gasteiger charge is -2.35. The van der Waals surface area contributed by atoms with Gasteiger partial charge in [-0.15, -0.1) is 0 Å². The number of phenols is 1. The highest BCUT2D eigenvalue weighted by molar-refractivity contribution is 6.30. The molecule has 1 saturated heterocycles. The molecule has 1 amide bonds. The minimum atomic E-state index is -1.60. The molecule has 1 fully saturated rings. The molecule has 2 atom stereocenters. The molecule has 0 spiro atoms. The predicted octanol–water partition coefficient (Wildman–Crippen LogP) is 2.71. The second kappa shape index (κ2) is 11.2. The largest absolute Gasteiger partial charge is 0.508 e. The molecule has 0 bridgehead atoms. The highest BCUT2D eigenvalue weighted by Gasteiger charge is 2.34. The average molecular weight is 478 g/mol. The second-order valence-electron chi connectivity index (χ2n) is 8.75. The number of halogens is 1. The monoisotopic (exact) mass is 477 g/mol. The van der Waals surface area contributed by atoms with Gasteiger partial charge in [-0.1, -0.05) is 23.7 Å². The molecule has 9 heteroatoms. The van der Waals surface area contributed by atoms with E-state index >= 15 is 0 Å². The Kier molecular flexibility index (Phi) is 8.56. The normalized spacial score (nSPS) is 17.8. The number of hydrogen-bond acceptors (Lipinski definition) is 7. The molecule has 1 aliphatic heterocycles. The van der Waals surface area contributed by atoms with Crippen LogP contribution in [0.1, 0.15) is 32.3 Å². The molecule has 5 N–H and O–H groups in total. The number of benzene rings is 2. The summed E-state index contributed by atoms with van der Waals surface area (Å²) in [4.78, 5) is 13.8. The summed E-state index contributed by atoms with van der Waals surface area (Å²) in [6.07, 6.45) is 0.254. The van der Waals surface area contributed by atoms with Crippen LogP contribution in [0.2, 0.25) is 5.02 Å². The maximum Gasteiger partial charge on any atom is 0.227 e. The van der Waals surface area contributed by atoms with Gasteiger partial charge in [-0.05, 0) is 62.7 Å². The van der Waals surface area contributed by atoms with Crippen LogP contribution in [0.25, 0.3) is 0 Å². The number of carbonyl (C=O) groups excluding carboxylic acids is 1. The Morgan fingerprint density at radius 1 is 1.24 bits per heavy atom. The Bertz CT molecular complexity index is 930. The van der Waals surface area contributed by atoms with Gasteiger partial charge in [0.1, 0.15) is 17.1 Å². The maximum atomic E-state index is 11.4. The van der Waals surface area contributed by atoms with Crippen LogP contribution in [0, 0.1) is 0 Å². The third-order valence-electron chi connectivity index (χ3n) is 5.70. The van der Waals surface area contributed by atoms with Crippen molar-refractivity contribution in [3.05, 3.63) is 53.1 Å². The molecular formula is C24H32ClN3O5. The van der Waals surface area contributed by atoms with Crippen LogP contribution in [0.4, 0.5) is 5.69 Å². The molecule has 2 aromatic carbocycles. The van der Waals surface area contributed by atoms with E-state index in [1.165, 1.54) is 37.6 Å². The topological polar surface area (TPSA) is 114 Å². The van der Waals surface area contributed by atoms with Gasteiger partial charge in [-0.25, -0.2) is 0 Å². The molecule has 1 heterocycles. The number of aromatic hydroxyl groups is 1. The molecule has 0 aliphatic carbocycles. The number of aliphatic hydroxyl groups is 2. The van der Waals surface area contributed by atoms with Crippen LogP contribution in [-0.4, -0.2) is 63.7 Å². The first-order chi connectivity index (χ1) is 15.6. The summed E-state index contributed by atoms with van der Waals surface area (Å²) >= 11 is 5.95. The second-order valence-corrected chi connectivity index (χ2v) is 9.18. The summed E-state index contributed by atoms with van der Waals surface area (Å²) in [6, 6.07) is 12.2. The van der Waals surface area contributed by atoms with E-state index < -0.39 is 11.9 Å². The Morgan fingerprint density at radius 2 is 1.91 bits per heavy atom. The van der Waals surface area contributed by atoms with Gasteiger partial charge in [0.2, 0.25) is 12.2 Å². The zero-order chi connectivity index (χ0) is 24.0. The summed E-state index contributed by atoms with van der Waals surface area (Å²) in [5.41, 5.74) is -0.0879. The molecule has 0 aromatic heterocycles. The third kappa shape index (κ3) is 7.58. The Morgan fingerprint density at radius 3 is 2.55 bits per heavy atom. The van der Waals surface area contributed by atoms with Crippen LogP contribution in [-0.2, 0) is 11.3 Å². The van der Waals surface area contributed by atoms with Crippen molar-refractivity contribution in [2.75, 3.05) is 25.0 Å². The minimum Gasteiger partial charge on any atom is -0.508 e. The van der Waals surface area contributed by atoms with Crippen LogP contribution in [0.15, 0.2) is 42.5 Å². The molecule has 8 nitrogen and oxygen atoms in total. The van der Waals surface area contributed by atoms with Gasteiger partial charge in [-0.2, -0.15) is 0 Å². The van der Waals surface area contributed by atoms with Crippen LogP contribution >= 0.6 is 11.6 Å². The van der Waals surface area contributed by atoms with Crippen molar-refractivity contribution < 1.29 is 24.9 Å². The molecule has 2 aromatic rings. The first-order valence-corrected chi connectivity index (χ1v) is 11.4. The Labute approximate surface area is 199 Å². The number of hydrogen-bond donors (Lipinski definition) is 5. The molecular weight excluding hydrogens is 446 g/mol. The lowest BCUT2D eigenvalue weighted by molar-refractivity contribution is -0.158. The van der Waals surface area contributed by atoms with E-state index in [2.05, 4.69) is 15.5 Å². The van der Waals surface area contributed by atoms with Crippen molar-refractivity contribution >= 4 is 23.2 Å². The molecule has 1 aliphatic rings. The van der Waals surface area contributed by atoms with Crippen molar-refractivity contribution in [2.24, 2.45) is 0 Å². The molecule has 0 radical (unpaired) electrons. The van der Waals surface area contributed by atoms with E-state index in [-0.39, 0.29) is 35.7 Å². The highest BCUT2D eigenvalue weighted by Crippen LogP contribution is 2.31. The quantitative estimate of drug-likeness (QED) is 0.278.